The highest BCUT2D eigenvalue weighted by Crippen LogP contribution is 3.16. The van der Waals surface area contributed by atoms with Gasteiger partial charge in [0.25, 0.3) is 0 Å². The molecule has 5 fully saturated rings. The molecule has 0 radical (unpaired) electrons. The molecule has 0 aromatic rings. The lowest BCUT2D eigenvalue weighted by molar-refractivity contribution is -0.690. The summed E-state index contributed by atoms with van der Waals surface area (Å²) < 4.78 is 0. The quantitative estimate of drug-likeness (QED) is 0.414. The van der Waals surface area contributed by atoms with Gasteiger partial charge in [-0.15, -0.1) is 0 Å². The summed E-state index contributed by atoms with van der Waals surface area (Å²) >= 11 is 0. The lowest BCUT2D eigenvalue weighted by atomic mass is 8.88. The molecule has 0 nitrogen and oxygen atoms in total. The Morgan fingerprint density at radius 1 is 0.400 bits per heavy atom. The van der Waals surface area contributed by atoms with E-state index in [1.54, 1.807) is 0 Å². The van der Waals surface area contributed by atoms with Crippen molar-refractivity contribution >= 4 is 0 Å². The normalized spacial score (nSPS) is 79.8. The Bertz CT molecular complexity index is 735. The highest BCUT2D eigenvalue weighted by Gasteiger charge is 3.12. The standard InChI is InChI=1S/C25H42/c1-14-15(2)19(7)18(14,6)22(10)23(19,11)25(13)21(9)17(4,5)16(3)20(21,8)24(22,25)12/h14-16H,1-13H3. The summed E-state index contributed by atoms with van der Waals surface area (Å²) in [6.45, 7) is 34.5. The summed E-state index contributed by atoms with van der Waals surface area (Å²) in [5.74, 6) is 2.52. The lowest BCUT2D eigenvalue weighted by Crippen LogP contribution is -3.12. The molecule has 0 bridgehead atoms. The third-order valence-corrected chi connectivity index (χ3v) is 16.0. The SMILES string of the molecule is CC1C(C)C2(C)C1(C)C1(C)C2(C)C2(C)C3(C)C(C)(C)C(C)C3(C)C12C. The summed E-state index contributed by atoms with van der Waals surface area (Å²) in [4.78, 5) is 0. The summed E-state index contributed by atoms with van der Waals surface area (Å²) in [7, 11) is 0. The topological polar surface area (TPSA) is 0 Å². The molecule has 0 amide bonds. The van der Waals surface area contributed by atoms with Gasteiger partial charge in [-0.1, -0.05) is 90.0 Å². The van der Waals surface area contributed by atoms with Crippen molar-refractivity contribution in [1.29, 1.82) is 0 Å². The van der Waals surface area contributed by atoms with Gasteiger partial charge in [0.1, 0.15) is 0 Å². The van der Waals surface area contributed by atoms with Gasteiger partial charge in [0.2, 0.25) is 0 Å². The van der Waals surface area contributed by atoms with Crippen LogP contribution in [0.4, 0.5) is 0 Å². The monoisotopic (exact) mass is 342 g/mol. The fraction of sp³-hybridized carbons (Fsp3) is 1.00. The Morgan fingerprint density at radius 2 is 0.720 bits per heavy atom. The van der Waals surface area contributed by atoms with Crippen molar-refractivity contribution in [1.82, 2.24) is 0 Å². The minimum atomic E-state index is 0.446. The van der Waals surface area contributed by atoms with Crippen LogP contribution in [-0.4, -0.2) is 0 Å². The Kier molecular flexibility index (Phi) is 2.19. The maximum atomic E-state index is 2.73. The van der Waals surface area contributed by atoms with Crippen LogP contribution in [0.3, 0.4) is 0 Å². The molecule has 0 spiro atoms. The zero-order chi connectivity index (χ0) is 19.2. The van der Waals surface area contributed by atoms with Crippen LogP contribution in [0, 0.1) is 66.5 Å². The second-order valence-corrected chi connectivity index (χ2v) is 13.3. The molecule has 11 atom stereocenters. The minimum absolute atomic E-state index is 0.446. The summed E-state index contributed by atoms with van der Waals surface area (Å²) in [6, 6.07) is 0. The molecule has 5 aliphatic rings. The van der Waals surface area contributed by atoms with Crippen LogP contribution in [0.5, 0.6) is 0 Å². The Morgan fingerprint density at radius 3 is 1.12 bits per heavy atom. The van der Waals surface area contributed by atoms with Gasteiger partial charge in [-0.3, -0.25) is 0 Å². The second-order valence-electron chi connectivity index (χ2n) is 13.3. The molecule has 5 saturated carbocycles. The van der Waals surface area contributed by atoms with Crippen LogP contribution in [0.2, 0.25) is 0 Å². The van der Waals surface area contributed by atoms with Crippen LogP contribution in [-0.2, 0) is 0 Å². The van der Waals surface area contributed by atoms with Crippen LogP contribution in [0.25, 0.3) is 0 Å². The predicted molar refractivity (Wildman–Crippen MR) is 106 cm³/mol. The van der Waals surface area contributed by atoms with Crippen molar-refractivity contribution in [2.24, 2.45) is 66.5 Å². The van der Waals surface area contributed by atoms with Gasteiger partial charge < -0.3 is 0 Å². The molecule has 0 aromatic heterocycles. The van der Waals surface area contributed by atoms with E-state index in [9.17, 15) is 0 Å². The van der Waals surface area contributed by atoms with Crippen LogP contribution in [0.15, 0.2) is 0 Å². The lowest BCUT2D eigenvalue weighted by Gasteiger charge is -3.15. The van der Waals surface area contributed by atoms with Crippen molar-refractivity contribution in [3.8, 4) is 0 Å². The Labute approximate surface area is 156 Å². The number of hydrogen-bond donors (Lipinski definition) is 0. The Hall–Kier alpha value is 0. The van der Waals surface area contributed by atoms with Crippen molar-refractivity contribution in [3.63, 3.8) is 0 Å². The van der Waals surface area contributed by atoms with Crippen molar-refractivity contribution in [3.05, 3.63) is 0 Å². The number of hydrogen-bond acceptors (Lipinski definition) is 0. The van der Waals surface area contributed by atoms with E-state index in [2.05, 4.69) is 90.0 Å². The van der Waals surface area contributed by atoms with Gasteiger partial charge in [0.05, 0.1) is 0 Å². The van der Waals surface area contributed by atoms with E-state index < -0.39 is 0 Å². The van der Waals surface area contributed by atoms with Crippen molar-refractivity contribution < 1.29 is 0 Å². The summed E-state index contributed by atoms with van der Waals surface area (Å²) in [5.41, 5.74) is 4.25. The molecule has 11 unspecified atom stereocenters. The van der Waals surface area contributed by atoms with E-state index in [4.69, 9.17) is 0 Å². The van der Waals surface area contributed by atoms with E-state index in [0.717, 1.165) is 17.8 Å². The smallest absolute Gasteiger partial charge is 0.0131 e. The first-order valence-corrected chi connectivity index (χ1v) is 11.0. The van der Waals surface area contributed by atoms with E-state index in [1.165, 1.54) is 0 Å². The first-order chi connectivity index (χ1) is 11.0. The number of rotatable bonds is 0. The van der Waals surface area contributed by atoms with E-state index in [-0.39, 0.29) is 0 Å². The molecular formula is C25H42. The van der Waals surface area contributed by atoms with Crippen LogP contribution >= 0.6 is 0 Å². The van der Waals surface area contributed by atoms with Crippen LogP contribution in [0.1, 0.15) is 90.0 Å². The largest absolute Gasteiger partial charge is 0.0617 e. The predicted octanol–water partition coefficient (Wildman–Crippen LogP) is 7.04. The van der Waals surface area contributed by atoms with Gasteiger partial charge >= 0.3 is 0 Å². The van der Waals surface area contributed by atoms with E-state index in [1.807, 2.05) is 0 Å². The molecule has 0 aliphatic heterocycles. The molecule has 0 heteroatoms. The molecule has 5 aliphatic carbocycles. The average molecular weight is 343 g/mol. The molecule has 0 heterocycles. The summed E-state index contributed by atoms with van der Waals surface area (Å²) in [5, 5.41) is 0. The fourth-order valence-corrected chi connectivity index (χ4v) is 14.0. The zero-order valence-corrected chi connectivity index (χ0v) is 19.2. The molecular weight excluding hydrogens is 300 g/mol. The van der Waals surface area contributed by atoms with Crippen molar-refractivity contribution in [2.75, 3.05) is 0 Å². The maximum Gasteiger partial charge on any atom is -0.0131 e. The van der Waals surface area contributed by atoms with Crippen LogP contribution < -0.4 is 0 Å². The summed E-state index contributed by atoms with van der Waals surface area (Å²) in [6.07, 6.45) is 0. The Balaban J connectivity index is 1.81. The third kappa shape index (κ3) is 0.720. The van der Waals surface area contributed by atoms with Gasteiger partial charge in [0, 0.05) is 0 Å². The van der Waals surface area contributed by atoms with E-state index in [0.29, 0.717) is 48.7 Å². The maximum absolute atomic E-state index is 2.73. The third-order valence-electron chi connectivity index (χ3n) is 16.0. The average Bonchev–Trinajstić information content (AvgIpc) is 2.59. The first-order valence-electron chi connectivity index (χ1n) is 11.0. The highest BCUT2D eigenvalue weighted by atomic mass is 15.2. The molecule has 0 saturated heterocycles. The van der Waals surface area contributed by atoms with Gasteiger partial charge in [-0.05, 0) is 66.5 Å². The minimum Gasteiger partial charge on any atom is -0.0617 e. The van der Waals surface area contributed by atoms with Gasteiger partial charge in [-0.2, -0.15) is 0 Å². The first kappa shape index (κ1) is 17.1. The second kappa shape index (κ2) is 3.20. The molecule has 25 heavy (non-hydrogen) atoms. The molecule has 0 N–H and O–H groups in total. The molecule has 142 valence electrons. The molecule has 5 rings (SSSR count). The van der Waals surface area contributed by atoms with Gasteiger partial charge in [0.15, 0.2) is 0 Å². The zero-order valence-electron chi connectivity index (χ0n) is 19.2. The highest BCUT2D eigenvalue weighted by molar-refractivity contribution is 5.59. The number of fused-ring (bicyclic) bond motifs is 10. The van der Waals surface area contributed by atoms with Gasteiger partial charge in [-0.25, -0.2) is 0 Å². The van der Waals surface area contributed by atoms with E-state index >= 15 is 0 Å². The fourth-order valence-electron chi connectivity index (χ4n) is 14.0. The molecule has 0 aromatic carbocycles. The van der Waals surface area contributed by atoms with Crippen molar-refractivity contribution in [2.45, 2.75) is 90.0 Å².